The van der Waals surface area contributed by atoms with E-state index in [9.17, 15) is 8.42 Å². The number of piperazine rings is 1. The van der Waals surface area contributed by atoms with Crippen LogP contribution < -0.4 is 10.0 Å². The minimum absolute atomic E-state index is 0.199. The van der Waals surface area contributed by atoms with Crippen molar-refractivity contribution in [1.82, 2.24) is 14.3 Å². The lowest BCUT2D eigenvalue weighted by molar-refractivity contribution is 0.306. The van der Waals surface area contributed by atoms with Gasteiger partial charge in [0, 0.05) is 31.7 Å². The van der Waals surface area contributed by atoms with Crippen molar-refractivity contribution >= 4 is 10.2 Å². The second-order valence-corrected chi connectivity index (χ2v) is 5.81. The van der Waals surface area contributed by atoms with Crippen molar-refractivity contribution in [3.05, 3.63) is 0 Å². The van der Waals surface area contributed by atoms with Gasteiger partial charge in [-0.3, -0.25) is 0 Å². The highest BCUT2D eigenvalue weighted by Crippen LogP contribution is 2.20. The summed E-state index contributed by atoms with van der Waals surface area (Å²) in [5.74, 6) is 0. The molecule has 1 unspecified atom stereocenters. The highest BCUT2D eigenvalue weighted by Gasteiger charge is 2.32. The van der Waals surface area contributed by atoms with Gasteiger partial charge in [0.15, 0.2) is 0 Å². The summed E-state index contributed by atoms with van der Waals surface area (Å²) in [5, 5.41) is 3.22. The molecule has 1 saturated heterocycles. The van der Waals surface area contributed by atoms with Gasteiger partial charge in [0.25, 0.3) is 10.2 Å². The van der Waals surface area contributed by atoms with Gasteiger partial charge in [0.1, 0.15) is 0 Å². The Bertz CT molecular complexity index is 300. The third-order valence-corrected chi connectivity index (χ3v) is 4.21. The standard InChI is InChI=1S/C8H17N3O2S/c1-7-6-11(5-4-9-7)14(12,13)10-8-2-3-8/h7-10H,2-6H2,1H3. The zero-order valence-corrected chi connectivity index (χ0v) is 9.18. The van der Waals surface area contributed by atoms with Gasteiger partial charge < -0.3 is 5.32 Å². The van der Waals surface area contributed by atoms with Crippen LogP contribution in [0.1, 0.15) is 19.8 Å². The smallest absolute Gasteiger partial charge is 0.279 e. The van der Waals surface area contributed by atoms with Gasteiger partial charge in [-0.15, -0.1) is 0 Å². The lowest BCUT2D eigenvalue weighted by atomic mass is 10.3. The molecule has 5 nitrogen and oxygen atoms in total. The fourth-order valence-electron chi connectivity index (χ4n) is 1.60. The van der Waals surface area contributed by atoms with Crippen molar-refractivity contribution in [3.8, 4) is 0 Å². The first-order valence-electron chi connectivity index (χ1n) is 5.09. The normalized spacial score (nSPS) is 30.5. The molecule has 0 aromatic carbocycles. The number of rotatable bonds is 3. The summed E-state index contributed by atoms with van der Waals surface area (Å²) in [5.41, 5.74) is 0. The van der Waals surface area contributed by atoms with E-state index >= 15 is 0 Å². The van der Waals surface area contributed by atoms with Crippen LogP contribution in [-0.2, 0) is 10.2 Å². The zero-order chi connectivity index (χ0) is 10.2. The van der Waals surface area contributed by atoms with E-state index in [-0.39, 0.29) is 12.1 Å². The summed E-state index contributed by atoms with van der Waals surface area (Å²) in [6.45, 7) is 3.89. The summed E-state index contributed by atoms with van der Waals surface area (Å²) in [7, 11) is -3.21. The van der Waals surface area contributed by atoms with Crippen LogP contribution in [0.3, 0.4) is 0 Å². The molecule has 1 saturated carbocycles. The Balaban J connectivity index is 1.97. The van der Waals surface area contributed by atoms with Crippen LogP contribution >= 0.6 is 0 Å². The molecule has 0 aromatic rings. The van der Waals surface area contributed by atoms with Gasteiger partial charge in [-0.2, -0.15) is 17.4 Å². The van der Waals surface area contributed by atoms with Crippen LogP contribution in [0.2, 0.25) is 0 Å². The zero-order valence-electron chi connectivity index (χ0n) is 8.36. The Labute approximate surface area is 85.0 Å². The fourth-order valence-corrected chi connectivity index (χ4v) is 3.16. The predicted octanol–water partition coefficient (Wildman–Crippen LogP) is -0.723. The van der Waals surface area contributed by atoms with Gasteiger partial charge in [0.05, 0.1) is 0 Å². The van der Waals surface area contributed by atoms with Gasteiger partial charge in [-0.1, -0.05) is 0 Å². The molecule has 2 N–H and O–H groups in total. The molecule has 82 valence electrons. The summed E-state index contributed by atoms with van der Waals surface area (Å²) in [4.78, 5) is 0. The van der Waals surface area contributed by atoms with Crippen molar-refractivity contribution in [2.24, 2.45) is 0 Å². The first-order valence-corrected chi connectivity index (χ1v) is 6.53. The molecule has 1 aliphatic carbocycles. The fraction of sp³-hybridized carbons (Fsp3) is 1.00. The maximum atomic E-state index is 11.8. The van der Waals surface area contributed by atoms with Crippen LogP contribution in [0.15, 0.2) is 0 Å². The molecule has 2 fully saturated rings. The molecule has 14 heavy (non-hydrogen) atoms. The van der Waals surface area contributed by atoms with Crippen LogP contribution in [0.5, 0.6) is 0 Å². The SMILES string of the molecule is CC1CN(S(=O)(=O)NC2CC2)CCN1. The molecule has 0 aromatic heterocycles. The minimum Gasteiger partial charge on any atom is -0.312 e. The maximum absolute atomic E-state index is 11.8. The first kappa shape index (κ1) is 10.4. The second-order valence-electron chi connectivity index (χ2n) is 4.11. The van der Waals surface area contributed by atoms with E-state index in [0.717, 1.165) is 19.4 Å². The largest absolute Gasteiger partial charge is 0.312 e. The Hall–Kier alpha value is -0.170. The average Bonchev–Trinajstić information content (AvgIpc) is 2.87. The van der Waals surface area contributed by atoms with Gasteiger partial charge in [-0.05, 0) is 19.8 Å². The number of nitrogens with one attached hydrogen (secondary N) is 2. The van der Waals surface area contributed by atoms with Gasteiger partial charge >= 0.3 is 0 Å². The Morgan fingerprint density at radius 3 is 2.71 bits per heavy atom. The highest BCUT2D eigenvalue weighted by molar-refractivity contribution is 7.87. The van der Waals surface area contributed by atoms with Crippen LogP contribution in [-0.4, -0.2) is 44.4 Å². The average molecular weight is 219 g/mol. The molecule has 6 heteroatoms. The van der Waals surface area contributed by atoms with E-state index in [1.807, 2.05) is 6.92 Å². The lowest BCUT2D eigenvalue weighted by Crippen LogP contribution is -2.54. The Kier molecular flexibility index (Phi) is 2.79. The third kappa shape index (κ3) is 2.44. The summed E-state index contributed by atoms with van der Waals surface area (Å²) < 4.78 is 27.8. The molecule has 1 atom stereocenters. The van der Waals surface area contributed by atoms with Crippen LogP contribution in [0.4, 0.5) is 0 Å². The van der Waals surface area contributed by atoms with E-state index in [4.69, 9.17) is 0 Å². The van der Waals surface area contributed by atoms with Gasteiger partial charge in [-0.25, -0.2) is 0 Å². The van der Waals surface area contributed by atoms with Crippen molar-refractivity contribution < 1.29 is 8.42 Å². The van der Waals surface area contributed by atoms with Crippen LogP contribution in [0.25, 0.3) is 0 Å². The van der Waals surface area contributed by atoms with Gasteiger partial charge in [0.2, 0.25) is 0 Å². The molecular formula is C8H17N3O2S. The van der Waals surface area contributed by atoms with Crippen LogP contribution in [0, 0.1) is 0 Å². The predicted molar refractivity (Wildman–Crippen MR) is 54.1 cm³/mol. The summed E-state index contributed by atoms with van der Waals surface area (Å²) in [6, 6.07) is 0.449. The van der Waals surface area contributed by atoms with E-state index in [1.165, 1.54) is 4.31 Å². The van der Waals surface area contributed by atoms with Crippen molar-refractivity contribution in [2.45, 2.75) is 31.8 Å². The Morgan fingerprint density at radius 2 is 2.14 bits per heavy atom. The molecule has 0 bridgehead atoms. The number of hydrogen-bond acceptors (Lipinski definition) is 3. The van der Waals surface area contributed by atoms with E-state index in [1.54, 1.807) is 0 Å². The molecular weight excluding hydrogens is 202 g/mol. The quantitative estimate of drug-likeness (QED) is 0.658. The molecule has 0 radical (unpaired) electrons. The van der Waals surface area contributed by atoms with Crippen molar-refractivity contribution in [2.75, 3.05) is 19.6 Å². The topological polar surface area (TPSA) is 61.4 Å². The third-order valence-electron chi connectivity index (χ3n) is 2.56. The van der Waals surface area contributed by atoms with E-state index in [2.05, 4.69) is 10.0 Å². The minimum atomic E-state index is -3.21. The second kappa shape index (κ2) is 3.77. The highest BCUT2D eigenvalue weighted by atomic mass is 32.2. The van der Waals surface area contributed by atoms with Crippen molar-refractivity contribution in [1.29, 1.82) is 0 Å². The molecule has 1 heterocycles. The molecule has 1 aliphatic heterocycles. The molecule has 0 spiro atoms. The monoisotopic (exact) mass is 219 g/mol. The van der Waals surface area contributed by atoms with E-state index < -0.39 is 10.2 Å². The first-order chi connectivity index (χ1) is 6.58. The summed E-state index contributed by atoms with van der Waals surface area (Å²) in [6.07, 6.45) is 1.97. The molecule has 2 aliphatic rings. The molecule has 2 rings (SSSR count). The molecule has 0 amide bonds. The number of hydrogen-bond donors (Lipinski definition) is 2. The number of nitrogens with zero attached hydrogens (tertiary/aromatic N) is 1. The summed E-state index contributed by atoms with van der Waals surface area (Å²) >= 11 is 0. The van der Waals surface area contributed by atoms with E-state index in [0.29, 0.717) is 13.1 Å². The maximum Gasteiger partial charge on any atom is 0.279 e. The Morgan fingerprint density at radius 1 is 1.43 bits per heavy atom. The van der Waals surface area contributed by atoms with Crippen molar-refractivity contribution in [3.63, 3.8) is 0 Å². The lowest BCUT2D eigenvalue weighted by Gasteiger charge is -2.30.